The van der Waals surface area contributed by atoms with Crippen molar-refractivity contribution in [2.75, 3.05) is 0 Å². The van der Waals surface area contributed by atoms with Crippen LogP contribution in [0, 0.1) is 6.92 Å². The van der Waals surface area contributed by atoms with Gasteiger partial charge in [-0.05, 0) is 35.6 Å². The first-order valence-corrected chi connectivity index (χ1v) is 6.61. The summed E-state index contributed by atoms with van der Waals surface area (Å²) in [5.74, 6) is -0.976. The summed E-state index contributed by atoms with van der Waals surface area (Å²) in [6.07, 6.45) is -0.693. The molecule has 2 aromatic rings. The molecule has 0 aromatic heterocycles. The van der Waals surface area contributed by atoms with Crippen molar-refractivity contribution in [3.8, 4) is 11.1 Å². The van der Waals surface area contributed by atoms with Crippen molar-refractivity contribution >= 4 is 5.97 Å². The van der Waals surface area contributed by atoms with E-state index in [2.05, 4.69) is 6.07 Å². The predicted molar refractivity (Wildman–Crippen MR) is 78.6 cm³/mol. The lowest BCUT2D eigenvalue weighted by Crippen LogP contribution is -2.16. The van der Waals surface area contributed by atoms with Crippen LogP contribution in [-0.4, -0.2) is 22.3 Å². The van der Waals surface area contributed by atoms with Gasteiger partial charge in [-0.25, -0.2) is 0 Å². The molecule has 0 radical (unpaired) electrons. The minimum Gasteiger partial charge on any atom is -0.481 e. The van der Waals surface area contributed by atoms with Gasteiger partial charge in [0.1, 0.15) is 0 Å². The van der Waals surface area contributed by atoms with Crippen LogP contribution in [0.2, 0.25) is 0 Å². The van der Waals surface area contributed by atoms with Gasteiger partial charge in [-0.3, -0.25) is 4.79 Å². The molecule has 0 unspecified atom stereocenters. The molecule has 0 aliphatic heterocycles. The Balaban J connectivity index is 2.16. The van der Waals surface area contributed by atoms with Gasteiger partial charge in [0.05, 0.1) is 12.5 Å². The molecule has 20 heavy (non-hydrogen) atoms. The van der Waals surface area contributed by atoms with Crippen molar-refractivity contribution in [2.24, 2.45) is 0 Å². The Bertz CT molecular complexity index is 590. The van der Waals surface area contributed by atoms with Gasteiger partial charge in [-0.15, -0.1) is 0 Å². The van der Waals surface area contributed by atoms with Gasteiger partial charge in [0, 0.05) is 0 Å². The minimum atomic E-state index is -0.976. The fourth-order valence-electron chi connectivity index (χ4n) is 2.26. The molecule has 0 bridgehead atoms. The van der Waals surface area contributed by atoms with E-state index in [1.54, 1.807) is 0 Å². The zero-order valence-electron chi connectivity index (χ0n) is 11.4. The Morgan fingerprint density at radius 1 is 1.10 bits per heavy atom. The minimum absolute atomic E-state index is 0.222. The number of carboxylic acid groups (broad SMARTS) is 1. The van der Waals surface area contributed by atoms with Crippen molar-refractivity contribution in [1.82, 2.24) is 0 Å². The summed E-state index contributed by atoms with van der Waals surface area (Å²) >= 11 is 0. The highest BCUT2D eigenvalue weighted by Gasteiger charge is 2.12. The third-order valence-corrected chi connectivity index (χ3v) is 3.32. The quantitative estimate of drug-likeness (QED) is 0.878. The summed E-state index contributed by atoms with van der Waals surface area (Å²) in [6, 6.07) is 16.1. The normalized spacial score (nSPS) is 12.1. The number of aryl methyl sites for hydroxylation is 1. The van der Waals surface area contributed by atoms with Crippen LogP contribution in [0.15, 0.2) is 48.5 Å². The summed E-state index contributed by atoms with van der Waals surface area (Å²) < 4.78 is 0. The lowest BCUT2D eigenvalue weighted by atomic mass is 9.96. The SMILES string of the molecule is Cc1cc(-c2ccccc2)ccc1C[C@H](O)CC(=O)O. The maximum absolute atomic E-state index is 10.6. The van der Waals surface area contributed by atoms with Gasteiger partial charge in [0.15, 0.2) is 0 Å². The van der Waals surface area contributed by atoms with Gasteiger partial charge in [0.2, 0.25) is 0 Å². The van der Waals surface area contributed by atoms with E-state index in [1.807, 2.05) is 49.4 Å². The number of hydrogen-bond acceptors (Lipinski definition) is 2. The van der Waals surface area contributed by atoms with Crippen molar-refractivity contribution in [2.45, 2.75) is 25.9 Å². The van der Waals surface area contributed by atoms with Crippen molar-refractivity contribution < 1.29 is 15.0 Å². The summed E-state index contributed by atoms with van der Waals surface area (Å²) in [4.78, 5) is 10.6. The molecule has 0 saturated carbocycles. The highest BCUT2D eigenvalue weighted by molar-refractivity contribution is 5.67. The fourth-order valence-corrected chi connectivity index (χ4v) is 2.26. The molecule has 0 amide bonds. The molecular formula is C17H18O3. The first-order chi connectivity index (χ1) is 9.56. The van der Waals surface area contributed by atoms with Gasteiger partial charge >= 0.3 is 5.97 Å². The number of benzene rings is 2. The number of aliphatic hydroxyl groups is 1. The monoisotopic (exact) mass is 270 g/mol. The zero-order valence-corrected chi connectivity index (χ0v) is 11.4. The zero-order chi connectivity index (χ0) is 14.5. The van der Waals surface area contributed by atoms with Crippen molar-refractivity contribution in [3.05, 3.63) is 59.7 Å². The molecular weight excluding hydrogens is 252 g/mol. The number of rotatable bonds is 5. The Morgan fingerprint density at radius 3 is 2.40 bits per heavy atom. The van der Waals surface area contributed by atoms with Crippen molar-refractivity contribution in [3.63, 3.8) is 0 Å². The van der Waals surface area contributed by atoms with Gasteiger partial charge in [0.25, 0.3) is 0 Å². The molecule has 2 aromatic carbocycles. The van der Waals surface area contributed by atoms with E-state index in [0.29, 0.717) is 6.42 Å². The molecule has 2 N–H and O–H groups in total. The molecule has 1 atom stereocenters. The second-order valence-corrected chi connectivity index (χ2v) is 4.96. The van der Waals surface area contributed by atoms with Crippen LogP contribution in [0.5, 0.6) is 0 Å². The molecule has 3 nitrogen and oxygen atoms in total. The lowest BCUT2D eigenvalue weighted by Gasteiger charge is -2.12. The van der Waals surface area contributed by atoms with E-state index < -0.39 is 12.1 Å². The Morgan fingerprint density at radius 2 is 1.80 bits per heavy atom. The van der Waals surface area contributed by atoms with Crippen LogP contribution in [-0.2, 0) is 11.2 Å². The van der Waals surface area contributed by atoms with Crippen LogP contribution in [0.1, 0.15) is 17.5 Å². The smallest absolute Gasteiger partial charge is 0.305 e. The molecule has 0 saturated heterocycles. The third kappa shape index (κ3) is 3.68. The Labute approximate surface area is 118 Å². The van der Waals surface area contributed by atoms with Crippen LogP contribution in [0.3, 0.4) is 0 Å². The maximum atomic E-state index is 10.6. The van der Waals surface area contributed by atoms with E-state index in [1.165, 1.54) is 0 Å². The summed E-state index contributed by atoms with van der Waals surface area (Å²) in [7, 11) is 0. The Hall–Kier alpha value is -2.13. The average Bonchev–Trinajstić information content (AvgIpc) is 2.41. The second kappa shape index (κ2) is 6.35. The van der Waals surface area contributed by atoms with E-state index >= 15 is 0 Å². The fraction of sp³-hybridized carbons (Fsp3) is 0.235. The van der Waals surface area contributed by atoms with Gasteiger partial charge in [-0.2, -0.15) is 0 Å². The third-order valence-electron chi connectivity index (χ3n) is 3.32. The van der Waals surface area contributed by atoms with Crippen LogP contribution >= 0.6 is 0 Å². The van der Waals surface area contributed by atoms with E-state index in [4.69, 9.17) is 5.11 Å². The number of hydrogen-bond donors (Lipinski definition) is 2. The van der Waals surface area contributed by atoms with Gasteiger partial charge < -0.3 is 10.2 Å². The lowest BCUT2D eigenvalue weighted by molar-refractivity contribution is -0.139. The molecule has 0 aliphatic carbocycles. The molecule has 0 spiro atoms. The van der Waals surface area contributed by atoms with Crippen LogP contribution < -0.4 is 0 Å². The number of aliphatic hydroxyl groups excluding tert-OH is 1. The summed E-state index contributed by atoms with van der Waals surface area (Å²) in [6.45, 7) is 1.98. The van der Waals surface area contributed by atoms with Crippen LogP contribution in [0.4, 0.5) is 0 Å². The number of carbonyl (C=O) groups is 1. The molecule has 0 fully saturated rings. The predicted octanol–water partition coefficient (Wildman–Crippen LogP) is 3.04. The number of carboxylic acids is 1. The summed E-state index contributed by atoms with van der Waals surface area (Å²) in [5.41, 5.74) is 4.32. The van der Waals surface area contributed by atoms with Crippen molar-refractivity contribution in [1.29, 1.82) is 0 Å². The molecule has 2 rings (SSSR count). The molecule has 3 heteroatoms. The largest absolute Gasteiger partial charge is 0.481 e. The maximum Gasteiger partial charge on any atom is 0.305 e. The van der Waals surface area contributed by atoms with Gasteiger partial charge in [-0.1, -0.05) is 48.5 Å². The van der Waals surface area contributed by atoms with E-state index in [0.717, 1.165) is 22.3 Å². The summed E-state index contributed by atoms with van der Waals surface area (Å²) in [5, 5.41) is 18.4. The Kier molecular flexibility index (Phi) is 4.53. The van der Waals surface area contributed by atoms with E-state index in [9.17, 15) is 9.90 Å². The second-order valence-electron chi connectivity index (χ2n) is 4.96. The first-order valence-electron chi connectivity index (χ1n) is 6.61. The molecule has 0 aliphatic rings. The number of aliphatic carboxylic acids is 1. The topological polar surface area (TPSA) is 57.5 Å². The highest BCUT2D eigenvalue weighted by atomic mass is 16.4. The standard InChI is InChI=1S/C17H18O3/c1-12-9-15(13-5-3-2-4-6-13)8-7-14(12)10-16(18)11-17(19)20/h2-9,16,18H,10-11H2,1H3,(H,19,20)/t16-/m0/s1. The average molecular weight is 270 g/mol. The molecule has 104 valence electrons. The highest BCUT2D eigenvalue weighted by Crippen LogP contribution is 2.23. The van der Waals surface area contributed by atoms with E-state index in [-0.39, 0.29) is 6.42 Å². The molecule has 0 heterocycles. The first kappa shape index (κ1) is 14.3. The van der Waals surface area contributed by atoms with Crippen LogP contribution in [0.25, 0.3) is 11.1 Å².